The summed E-state index contributed by atoms with van der Waals surface area (Å²) in [4.78, 5) is 16.4. The lowest BCUT2D eigenvalue weighted by molar-refractivity contribution is -0.132. The van der Waals surface area contributed by atoms with E-state index in [9.17, 15) is 4.79 Å². The van der Waals surface area contributed by atoms with Crippen LogP contribution in [-0.2, 0) is 17.9 Å². The van der Waals surface area contributed by atoms with E-state index in [4.69, 9.17) is 11.6 Å². The van der Waals surface area contributed by atoms with Crippen LogP contribution in [-0.4, -0.2) is 52.7 Å². The molecule has 0 radical (unpaired) electrons. The number of halogens is 1. The Balaban J connectivity index is 2.04. The number of aromatic nitrogens is 2. The summed E-state index contributed by atoms with van der Waals surface area (Å²) in [5.74, 6) is 0.0560. The number of amides is 1. The third-order valence-electron chi connectivity index (χ3n) is 3.31. The Bertz CT molecular complexity index is 581. The largest absolute Gasteiger partial charge is 0.335 e. The van der Waals surface area contributed by atoms with Gasteiger partial charge in [0.25, 0.3) is 0 Å². The predicted molar refractivity (Wildman–Crippen MR) is 87.7 cm³/mol. The first-order valence-corrected chi connectivity index (χ1v) is 7.57. The van der Waals surface area contributed by atoms with E-state index in [2.05, 4.69) is 10.00 Å². The lowest BCUT2D eigenvalue weighted by atomic mass is 10.2. The molecular formula is C16H21ClN4O. The van der Waals surface area contributed by atoms with Gasteiger partial charge in [0.2, 0.25) is 5.91 Å². The summed E-state index contributed by atoms with van der Waals surface area (Å²) < 4.78 is 1.65. The maximum absolute atomic E-state index is 12.5. The smallest absolute Gasteiger partial charge is 0.244 e. The molecule has 0 atom stereocenters. The summed E-state index contributed by atoms with van der Waals surface area (Å²) >= 11 is 5.91. The fraction of sp³-hybridized carbons (Fsp3) is 0.375. The van der Waals surface area contributed by atoms with Crippen LogP contribution in [0.25, 0.3) is 0 Å². The highest BCUT2D eigenvalue weighted by Gasteiger charge is 2.15. The maximum atomic E-state index is 12.5. The Morgan fingerprint density at radius 3 is 2.55 bits per heavy atom. The van der Waals surface area contributed by atoms with E-state index < -0.39 is 0 Å². The highest BCUT2D eigenvalue weighted by atomic mass is 35.5. The van der Waals surface area contributed by atoms with Crippen molar-refractivity contribution in [2.24, 2.45) is 0 Å². The molecule has 0 saturated carbocycles. The van der Waals surface area contributed by atoms with E-state index in [0.717, 1.165) is 12.1 Å². The second-order valence-electron chi connectivity index (χ2n) is 5.45. The number of likely N-dealkylation sites (N-methyl/N-ethyl adjacent to an activating group) is 1. The van der Waals surface area contributed by atoms with Gasteiger partial charge in [-0.05, 0) is 37.9 Å². The average molecular weight is 321 g/mol. The Kier molecular flexibility index (Phi) is 5.98. The average Bonchev–Trinajstić information content (AvgIpc) is 2.98. The molecule has 1 aromatic heterocycles. The summed E-state index contributed by atoms with van der Waals surface area (Å²) in [7, 11) is 4.00. The van der Waals surface area contributed by atoms with Crippen molar-refractivity contribution in [2.45, 2.75) is 13.1 Å². The second kappa shape index (κ2) is 7.96. The lowest BCUT2D eigenvalue weighted by Gasteiger charge is -2.24. The van der Waals surface area contributed by atoms with Gasteiger partial charge >= 0.3 is 0 Å². The van der Waals surface area contributed by atoms with Gasteiger partial charge < -0.3 is 9.80 Å². The second-order valence-corrected chi connectivity index (χ2v) is 5.89. The monoisotopic (exact) mass is 320 g/mol. The Morgan fingerprint density at radius 2 is 1.95 bits per heavy atom. The molecule has 0 unspecified atom stereocenters. The van der Waals surface area contributed by atoms with Crippen LogP contribution in [0, 0.1) is 0 Å². The maximum Gasteiger partial charge on any atom is 0.244 e. The number of hydrogen-bond donors (Lipinski definition) is 0. The van der Waals surface area contributed by atoms with Crippen LogP contribution < -0.4 is 0 Å². The molecule has 0 aliphatic heterocycles. The SMILES string of the molecule is CN(C)CCN(Cc1ccc(Cl)cc1)C(=O)Cn1cccn1. The Morgan fingerprint density at radius 1 is 1.23 bits per heavy atom. The van der Waals surface area contributed by atoms with E-state index in [0.29, 0.717) is 18.1 Å². The van der Waals surface area contributed by atoms with Crippen molar-refractivity contribution in [1.29, 1.82) is 0 Å². The number of carbonyl (C=O) groups excluding carboxylic acids is 1. The molecule has 2 aromatic rings. The molecule has 0 aliphatic rings. The normalized spacial score (nSPS) is 10.9. The van der Waals surface area contributed by atoms with Crippen molar-refractivity contribution < 1.29 is 4.79 Å². The summed E-state index contributed by atoms with van der Waals surface area (Å²) in [6.45, 7) is 2.33. The van der Waals surface area contributed by atoms with Crippen molar-refractivity contribution in [3.63, 3.8) is 0 Å². The molecule has 0 fully saturated rings. The van der Waals surface area contributed by atoms with Crippen LogP contribution in [0.4, 0.5) is 0 Å². The van der Waals surface area contributed by atoms with Crippen LogP contribution in [0.2, 0.25) is 5.02 Å². The molecule has 0 bridgehead atoms. The van der Waals surface area contributed by atoms with E-state index in [1.54, 1.807) is 17.1 Å². The highest BCUT2D eigenvalue weighted by molar-refractivity contribution is 6.30. The minimum Gasteiger partial charge on any atom is -0.335 e. The summed E-state index contributed by atoms with van der Waals surface area (Å²) in [6.07, 6.45) is 3.47. The molecule has 0 spiro atoms. The molecule has 0 saturated heterocycles. The van der Waals surface area contributed by atoms with Gasteiger partial charge in [-0.3, -0.25) is 9.48 Å². The molecule has 6 heteroatoms. The molecule has 0 aliphatic carbocycles. The first-order valence-electron chi connectivity index (χ1n) is 7.19. The fourth-order valence-corrected chi connectivity index (χ4v) is 2.18. The van der Waals surface area contributed by atoms with Crippen LogP contribution in [0.5, 0.6) is 0 Å². The molecule has 1 heterocycles. The predicted octanol–water partition coefficient (Wildman–Crippen LogP) is 2.13. The molecule has 118 valence electrons. The third-order valence-corrected chi connectivity index (χ3v) is 3.56. The van der Waals surface area contributed by atoms with Gasteiger partial charge in [0.05, 0.1) is 0 Å². The van der Waals surface area contributed by atoms with Gasteiger partial charge in [0.1, 0.15) is 6.54 Å². The molecule has 1 aromatic carbocycles. The molecule has 0 N–H and O–H groups in total. The zero-order chi connectivity index (χ0) is 15.9. The quantitative estimate of drug-likeness (QED) is 0.785. The standard InChI is InChI=1S/C16H21ClN4O/c1-19(2)10-11-20(12-14-4-6-15(17)7-5-14)16(22)13-21-9-3-8-18-21/h3-9H,10-13H2,1-2H3. The lowest BCUT2D eigenvalue weighted by Crippen LogP contribution is -2.38. The van der Waals surface area contributed by atoms with Crippen molar-refractivity contribution in [1.82, 2.24) is 19.6 Å². The Hall–Kier alpha value is -1.85. The number of hydrogen-bond acceptors (Lipinski definition) is 3. The van der Waals surface area contributed by atoms with E-state index in [-0.39, 0.29) is 12.5 Å². The van der Waals surface area contributed by atoms with Gasteiger partial charge in [0.15, 0.2) is 0 Å². The van der Waals surface area contributed by atoms with Gasteiger partial charge in [-0.15, -0.1) is 0 Å². The summed E-state index contributed by atoms with van der Waals surface area (Å²) in [5, 5.41) is 4.79. The Labute approximate surface area is 136 Å². The molecule has 5 nitrogen and oxygen atoms in total. The van der Waals surface area contributed by atoms with E-state index in [1.165, 1.54) is 0 Å². The molecule has 2 rings (SSSR count). The van der Waals surface area contributed by atoms with Gasteiger partial charge in [-0.1, -0.05) is 23.7 Å². The van der Waals surface area contributed by atoms with Crippen molar-refractivity contribution in [3.05, 3.63) is 53.3 Å². The minimum absolute atomic E-state index is 0.0560. The molecule has 22 heavy (non-hydrogen) atoms. The van der Waals surface area contributed by atoms with Crippen LogP contribution in [0.1, 0.15) is 5.56 Å². The molecular weight excluding hydrogens is 300 g/mol. The van der Waals surface area contributed by atoms with Crippen LogP contribution >= 0.6 is 11.6 Å². The minimum atomic E-state index is 0.0560. The topological polar surface area (TPSA) is 41.4 Å². The number of nitrogens with zero attached hydrogens (tertiary/aromatic N) is 4. The summed E-state index contributed by atoms with van der Waals surface area (Å²) in [5.41, 5.74) is 1.07. The number of benzene rings is 1. The third kappa shape index (κ3) is 5.16. The number of rotatable bonds is 7. The summed E-state index contributed by atoms with van der Waals surface area (Å²) in [6, 6.07) is 9.41. The van der Waals surface area contributed by atoms with Crippen molar-refractivity contribution in [2.75, 3.05) is 27.2 Å². The van der Waals surface area contributed by atoms with Gasteiger partial charge in [-0.25, -0.2) is 0 Å². The highest BCUT2D eigenvalue weighted by Crippen LogP contribution is 2.12. The first kappa shape index (κ1) is 16.5. The van der Waals surface area contributed by atoms with E-state index in [1.807, 2.05) is 49.3 Å². The first-order chi connectivity index (χ1) is 10.5. The molecule has 1 amide bonds. The van der Waals surface area contributed by atoms with Crippen molar-refractivity contribution in [3.8, 4) is 0 Å². The number of carbonyl (C=O) groups is 1. The van der Waals surface area contributed by atoms with E-state index >= 15 is 0 Å². The fourth-order valence-electron chi connectivity index (χ4n) is 2.06. The van der Waals surface area contributed by atoms with Crippen molar-refractivity contribution >= 4 is 17.5 Å². The van der Waals surface area contributed by atoms with Gasteiger partial charge in [-0.2, -0.15) is 5.10 Å². The van der Waals surface area contributed by atoms with Gasteiger partial charge in [0, 0.05) is 37.1 Å². The van der Waals surface area contributed by atoms with Crippen LogP contribution in [0.15, 0.2) is 42.7 Å². The van der Waals surface area contributed by atoms with Crippen LogP contribution in [0.3, 0.4) is 0 Å². The zero-order valence-corrected chi connectivity index (χ0v) is 13.7. The zero-order valence-electron chi connectivity index (χ0n) is 12.9.